The Kier molecular flexibility index (Phi) is 6.77. The van der Waals surface area contributed by atoms with Crippen LogP contribution in [0.4, 0.5) is 10.8 Å². The van der Waals surface area contributed by atoms with Crippen LogP contribution >= 0.6 is 39.9 Å². The monoisotopic (exact) mass is 499 g/mol. The molecule has 0 atom stereocenters. The van der Waals surface area contributed by atoms with Crippen molar-refractivity contribution in [2.75, 3.05) is 18.4 Å². The summed E-state index contributed by atoms with van der Waals surface area (Å²) in [6.07, 6.45) is 1.86. The summed E-state index contributed by atoms with van der Waals surface area (Å²) in [4.78, 5) is 4.92. The second-order valence-electron chi connectivity index (χ2n) is 6.31. The number of anilines is 2. The molecular formula is C19H19BrClN3O2S2. The van der Waals surface area contributed by atoms with Gasteiger partial charge in [0.15, 0.2) is 5.13 Å². The minimum Gasteiger partial charge on any atom is -0.332 e. The fourth-order valence-electron chi connectivity index (χ4n) is 3.00. The van der Waals surface area contributed by atoms with Crippen molar-refractivity contribution >= 4 is 60.8 Å². The van der Waals surface area contributed by atoms with E-state index in [9.17, 15) is 8.42 Å². The van der Waals surface area contributed by atoms with Gasteiger partial charge in [-0.1, -0.05) is 23.7 Å². The third-order valence-corrected chi connectivity index (χ3v) is 7.38. The number of nitrogens with zero attached hydrogens (tertiary/aromatic N) is 2. The first-order chi connectivity index (χ1) is 13.0. The van der Waals surface area contributed by atoms with E-state index < -0.39 is 10.0 Å². The van der Waals surface area contributed by atoms with Gasteiger partial charge >= 0.3 is 0 Å². The first-order valence-electron chi connectivity index (χ1n) is 8.61. The van der Waals surface area contributed by atoms with Crippen molar-refractivity contribution in [3.8, 4) is 11.3 Å². The van der Waals surface area contributed by atoms with E-state index >= 15 is 0 Å². The maximum Gasteiger partial charge on any atom is 0.243 e. The van der Waals surface area contributed by atoms with Crippen LogP contribution in [0.15, 0.2) is 58.8 Å². The fourth-order valence-corrected chi connectivity index (χ4v) is 5.38. The summed E-state index contributed by atoms with van der Waals surface area (Å²) in [5, 5.41) is 6.64. The van der Waals surface area contributed by atoms with Crippen molar-refractivity contribution in [1.82, 2.24) is 9.29 Å². The van der Waals surface area contributed by atoms with E-state index in [4.69, 9.17) is 11.6 Å². The molecule has 148 valence electrons. The minimum absolute atomic E-state index is 0. The standard InChI is InChI=1S/C19H18ClN3O2S2.BrH/c20-15-5-7-16(8-6-15)21-19-22-18(13-26-19)14-3-9-17(10-4-14)27(24,25)23-11-1-2-12-23;/h3-10,13H,1-2,11-12H2,(H,21,22);1H. The summed E-state index contributed by atoms with van der Waals surface area (Å²) in [7, 11) is -3.38. The number of hydrogen-bond acceptors (Lipinski definition) is 5. The van der Waals surface area contributed by atoms with Crippen LogP contribution in [0.5, 0.6) is 0 Å². The molecule has 0 unspecified atom stereocenters. The Morgan fingerprint density at radius 1 is 1.00 bits per heavy atom. The van der Waals surface area contributed by atoms with E-state index in [-0.39, 0.29) is 17.0 Å². The largest absolute Gasteiger partial charge is 0.332 e. The molecule has 0 radical (unpaired) electrons. The molecule has 1 fully saturated rings. The molecule has 3 aromatic rings. The van der Waals surface area contributed by atoms with E-state index in [2.05, 4.69) is 10.3 Å². The topological polar surface area (TPSA) is 62.3 Å². The number of halogens is 2. The van der Waals surface area contributed by atoms with Crippen molar-refractivity contribution < 1.29 is 8.42 Å². The maximum atomic E-state index is 12.6. The molecule has 4 rings (SSSR count). The summed E-state index contributed by atoms with van der Waals surface area (Å²) < 4.78 is 26.8. The molecule has 0 saturated carbocycles. The van der Waals surface area contributed by atoms with E-state index in [1.165, 1.54) is 11.3 Å². The first kappa shape index (κ1) is 21.3. The highest BCUT2D eigenvalue weighted by Gasteiger charge is 2.26. The van der Waals surface area contributed by atoms with E-state index in [0.717, 1.165) is 34.9 Å². The molecule has 5 nitrogen and oxygen atoms in total. The molecule has 28 heavy (non-hydrogen) atoms. The van der Waals surface area contributed by atoms with Crippen LogP contribution in [0, 0.1) is 0 Å². The van der Waals surface area contributed by atoms with Gasteiger partial charge in [0.05, 0.1) is 10.6 Å². The SMILES string of the molecule is Br.O=S(=O)(c1ccc(-c2csc(Nc3ccc(Cl)cc3)n2)cc1)N1CCCC1. The summed E-state index contributed by atoms with van der Waals surface area (Å²) in [5.41, 5.74) is 2.60. The highest BCUT2D eigenvalue weighted by molar-refractivity contribution is 8.93. The van der Waals surface area contributed by atoms with Crippen LogP contribution in [0.1, 0.15) is 12.8 Å². The van der Waals surface area contributed by atoms with Gasteiger partial charge in [-0.15, -0.1) is 28.3 Å². The van der Waals surface area contributed by atoms with Gasteiger partial charge in [0, 0.05) is 34.7 Å². The molecule has 1 saturated heterocycles. The van der Waals surface area contributed by atoms with Crippen molar-refractivity contribution in [3.05, 3.63) is 58.9 Å². The number of aromatic nitrogens is 1. The summed E-state index contributed by atoms with van der Waals surface area (Å²) in [6.45, 7) is 1.21. The lowest BCUT2D eigenvalue weighted by molar-refractivity contribution is 0.477. The number of thiazole rings is 1. The van der Waals surface area contributed by atoms with Crippen LogP contribution in [0.25, 0.3) is 11.3 Å². The Morgan fingerprint density at radius 2 is 1.64 bits per heavy atom. The van der Waals surface area contributed by atoms with Gasteiger partial charge in [-0.25, -0.2) is 13.4 Å². The predicted molar refractivity (Wildman–Crippen MR) is 121 cm³/mol. The van der Waals surface area contributed by atoms with Gasteiger partial charge in [0.1, 0.15) is 0 Å². The molecule has 0 bridgehead atoms. The molecule has 1 aromatic heterocycles. The zero-order valence-electron chi connectivity index (χ0n) is 14.8. The molecule has 0 amide bonds. The van der Waals surface area contributed by atoms with Gasteiger partial charge in [-0.3, -0.25) is 0 Å². The Labute approximate surface area is 184 Å². The molecule has 0 aliphatic carbocycles. The van der Waals surface area contributed by atoms with Gasteiger partial charge in [-0.05, 0) is 49.2 Å². The number of rotatable bonds is 5. The number of hydrogen-bond donors (Lipinski definition) is 1. The van der Waals surface area contributed by atoms with E-state index in [1.807, 2.05) is 41.8 Å². The Bertz CT molecular complexity index is 1030. The minimum atomic E-state index is -3.38. The van der Waals surface area contributed by atoms with Crippen LogP contribution in [0.2, 0.25) is 5.02 Å². The highest BCUT2D eigenvalue weighted by atomic mass is 79.9. The summed E-state index contributed by atoms with van der Waals surface area (Å²) >= 11 is 7.39. The summed E-state index contributed by atoms with van der Waals surface area (Å²) in [6, 6.07) is 14.4. The third kappa shape index (κ3) is 4.58. The lowest BCUT2D eigenvalue weighted by atomic mass is 10.2. The quantitative estimate of drug-likeness (QED) is 0.497. The molecular weight excluding hydrogens is 482 g/mol. The van der Waals surface area contributed by atoms with E-state index in [0.29, 0.717) is 23.0 Å². The van der Waals surface area contributed by atoms with Crippen molar-refractivity contribution in [3.63, 3.8) is 0 Å². The zero-order chi connectivity index (χ0) is 18.9. The van der Waals surface area contributed by atoms with Crippen molar-refractivity contribution in [1.29, 1.82) is 0 Å². The lowest BCUT2D eigenvalue weighted by Gasteiger charge is -2.15. The average molecular weight is 501 g/mol. The molecule has 9 heteroatoms. The van der Waals surface area contributed by atoms with E-state index in [1.54, 1.807) is 16.4 Å². The van der Waals surface area contributed by atoms with Gasteiger partial charge in [0.2, 0.25) is 10.0 Å². The van der Waals surface area contributed by atoms with Crippen LogP contribution in [-0.2, 0) is 10.0 Å². The summed E-state index contributed by atoms with van der Waals surface area (Å²) in [5.74, 6) is 0. The van der Waals surface area contributed by atoms with Crippen LogP contribution < -0.4 is 5.32 Å². The number of sulfonamides is 1. The molecule has 2 aromatic carbocycles. The van der Waals surface area contributed by atoms with Gasteiger partial charge < -0.3 is 5.32 Å². The van der Waals surface area contributed by atoms with Crippen LogP contribution in [0.3, 0.4) is 0 Å². The lowest BCUT2D eigenvalue weighted by Crippen LogP contribution is -2.27. The third-order valence-electron chi connectivity index (χ3n) is 4.45. The van der Waals surface area contributed by atoms with Crippen molar-refractivity contribution in [2.24, 2.45) is 0 Å². The molecule has 1 aliphatic heterocycles. The molecule has 1 N–H and O–H groups in total. The highest BCUT2D eigenvalue weighted by Crippen LogP contribution is 2.29. The first-order valence-corrected chi connectivity index (χ1v) is 11.3. The zero-order valence-corrected chi connectivity index (χ0v) is 18.9. The predicted octanol–water partition coefficient (Wildman–Crippen LogP) is 5.57. The Morgan fingerprint density at radius 3 is 2.29 bits per heavy atom. The number of benzene rings is 2. The number of nitrogens with one attached hydrogen (secondary N) is 1. The van der Waals surface area contributed by atoms with Gasteiger partial charge in [-0.2, -0.15) is 4.31 Å². The molecule has 1 aliphatic rings. The van der Waals surface area contributed by atoms with Gasteiger partial charge in [0.25, 0.3) is 0 Å². The Hall–Kier alpha value is -1.45. The maximum absolute atomic E-state index is 12.6. The average Bonchev–Trinajstić information content (AvgIpc) is 3.36. The van der Waals surface area contributed by atoms with Crippen molar-refractivity contribution in [2.45, 2.75) is 17.7 Å². The smallest absolute Gasteiger partial charge is 0.243 e. The second kappa shape index (κ2) is 8.92. The second-order valence-corrected chi connectivity index (χ2v) is 9.54. The fraction of sp³-hybridized carbons (Fsp3) is 0.211. The normalized spacial score (nSPS) is 14.6. The molecule has 2 heterocycles. The van der Waals surface area contributed by atoms with Crippen LogP contribution in [-0.4, -0.2) is 30.8 Å². The molecule has 0 spiro atoms. The Balaban J connectivity index is 0.00000225.